The van der Waals surface area contributed by atoms with Crippen LogP contribution >= 0.6 is 0 Å². The SMILES string of the molecule is Cc1nn(C)c(C)c1C(=O)N1C[C@@H](O)[C@@H](O)C1. The van der Waals surface area contributed by atoms with Gasteiger partial charge in [-0.25, -0.2) is 0 Å². The number of β-amino-alcohol motifs (C(OH)–C–C–N with tert-alkyl or cyclic N) is 2. The summed E-state index contributed by atoms with van der Waals surface area (Å²) in [6.45, 7) is 3.96. The van der Waals surface area contributed by atoms with Crippen LogP contribution in [0, 0.1) is 13.8 Å². The first kappa shape index (κ1) is 12.1. The van der Waals surface area contributed by atoms with E-state index in [0.29, 0.717) is 11.3 Å². The van der Waals surface area contributed by atoms with Gasteiger partial charge in [0.15, 0.2) is 0 Å². The van der Waals surface area contributed by atoms with E-state index < -0.39 is 12.2 Å². The van der Waals surface area contributed by atoms with Gasteiger partial charge in [0.05, 0.1) is 23.5 Å². The lowest BCUT2D eigenvalue weighted by Crippen LogP contribution is -2.30. The lowest BCUT2D eigenvalue weighted by atomic mass is 10.2. The second kappa shape index (κ2) is 4.12. The molecule has 6 heteroatoms. The van der Waals surface area contributed by atoms with Crippen molar-refractivity contribution in [2.45, 2.75) is 26.1 Å². The number of carbonyl (C=O) groups excluding carboxylic acids is 1. The van der Waals surface area contributed by atoms with Crippen molar-refractivity contribution >= 4 is 5.91 Å². The van der Waals surface area contributed by atoms with E-state index in [9.17, 15) is 15.0 Å². The van der Waals surface area contributed by atoms with Gasteiger partial charge in [0.1, 0.15) is 0 Å². The normalized spacial score (nSPS) is 24.4. The Bertz CT molecular complexity index is 445. The summed E-state index contributed by atoms with van der Waals surface area (Å²) >= 11 is 0. The fourth-order valence-corrected chi connectivity index (χ4v) is 2.18. The number of amides is 1. The molecule has 1 fully saturated rings. The molecule has 0 aromatic carbocycles. The van der Waals surface area contributed by atoms with Crippen LogP contribution in [0.25, 0.3) is 0 Å². The molecule has 1 aromatic heterocycles. The number of hydrogen-bond donors (Lipinski definition) is 2. The number of aliphatic hydroxyl groups excluding tert-OH is 2. The molecule has 1 amide bonds. The fourth-order valence-electron chi connectivity index (χ4n) is 2.18. The standard InChI is InChI=1S/C11H17N3O3/c1-6-10(7(2)13(3)12-6)11(17)14-4-8(15)9(16)5-14/h8-9,15-16H,4-5H2,1-3H3/t8-,9+. The van der Waals surface area contributed by atoms with E-state index in [2.05, 4.69) is 5.10 Å². The smallest absolute Gasteiger partial charge is 0.257 e. The Morgan fingerprint density at radius 2 is 1.82 bits per heavy atom. The van der Waals surface area contributed by atoms with Crippen LogP contribution in [0.5, 0.6) is 0 Å². The van der Waals surface area contributed by atoms with Crippen LogP contribution in [0.4, 0.5) is 0 Å². The van der Waals surface area contributed by atoms with Gasteiger partial charge in [-0.2, -0.15) is 5.10 Å². The predicted molar refractivity (Wildman–Crippen MR) is 60.6 cm³/mol. The van der Waals surface area contributed by atoms with Crippen LogP contribution < -0.4 is 0 Å². The largest absolute Gasteiger partial charge is 0.388 e. The van der Waals surface area contributed by atoms with Crippen LogP contribution in [-0.4, -0.2) is 56.1 Å². The molecule has 0 unspecified atom stereocenters. The lowest BCUT2D eigenvalue weighted by Gasteiger charge is -2.15. The molecule has 2 heterocycles. The predicted octanol–water partition coefficient (Wildman–Crippen LogP) is -0.785. The highest BCUT2D eigenvalue weighted by Gasteiger charge is 2.34. The van der Waals surface area contributed by atoms with E-state index in [1.807, 2.05) is 6.92 Å². The van der Waals surface area contributed by atoms with E-state index in [4.69, 9.17) is 0 Å². The number of hydrogen-bond acceptors (Lipinski definition) is 4. The first-order chi connectivity index (χ1) is 7.91. The van der Waals surface area contributed by atoms with E-state index in [1.165, 1.54) is 4.90 Å². The van der Waals surface area contributed by atoms with E-state index in [0.717, 1.165) is 5.69 Å². The van der Waals surface area contributed by atoms with Gasteiger partial charge in [-0.05, 0) is 13.8 Å². The number of rotatable bonds is 1. The summed E-state index contributed by atoms with van der Waals surface area (Å²) in [5.74, 6) is -0.177. The quantitative estimate of drug-likeness (QED) is 0.673. The van der Waals surface area contributed by atoms with Crippen molar-refractivity contribution in [3.05, 3.63) is 17.0 Å². The van der Waals surface area contributed by atoms with Gasteiger partial charge in [-0.3, -0.25) is 9.48 Å². The van der Waals surface area contributed by atoms with Crippen molar-refractivity contribution in [3.8, 4) is 0 Å². The molecule has 1 aliphatic heterocycles. The second-order valence-electron chi connectivity index (χ2n) is 4.51. The zero-order chi connectivity index (χ0) is 12.7. The van der Waals surface area contributed by atoms with Gasteiger partial charge in [0.25, 0.3) is 5.91 Å². The Kier molecular flexibility index (Phi) is 2.92. The molecule has 0 radical (unpaired) electrons. The average molecular weight is 239 g/mol. The third-order valence-corrected chi connectivity index (χ3v) is 3.27. The number of aliphatic hydroxyl groups is 2. The Morgan fingerprint density at radius 3 is 2.24 bits per heavy atom. The van der Waals surface area contributed by atoms with Crippen LogP contribution in [0.2, 0.25) is 0 Å². The molecule has 2 rings (SSSR count). The first-order valence-electron chi connectivity index (χ1n) is 5.57. The molecule has 1 aromatic rings. The molecule has 0 bridgehead atoms. The highest BCUT2D eigenvalue weighted by atomic mass is 16.3. The van der Waals surface area contributed by atoms with Crippen molar-refractivity contribution in [1.29, 1.82) is 0 Å². The van der Waals surface area contributed by atoms with Gasteiger partial charge in [-0.1, -0.05) is 0 Å². The minimum atomic E-state index is -0.851. The van der Waals surface area contributed by atoms with Crippen molar-refractivity contribution in [1.82, 2.24) is 14.7 Å². The van der Waals surface area contributed by atoms with Gasteiger partial charge in [0.2, 0.25) is 0 Å². The minimum Gasteiger partial charge on any atom is -0.388 e. The maximum absolute atomic E-state index is 12.2. The number of carbonyl (C=O) groups is 1. The molecule has 0 saturated carbocycles. The van der Waals surface area contributed by atoms with E-state index in [-0.39, 0.29) is 19.0 Å². The summed E-state index contributed by atoms with van der Waals surface area (Å²) in [5.41, 5.74) is 2.03. The molecule has 0 aliphatic carbocycles. The summed E-state index contributed by atoms with van der Waals surface area (Å²) in [4.78, 5) is 13.7. The molecule has 2 atom stereocenters. The van der Waals surface area contributed by atoms with Crippen molar-refractivity contribution in [2.75, 3.05) is 13.1 Å². The maximum Gasteiger partial charge on any atom is 0.257 e. The number of likely N-dealkylation sites (tertiary alicyclic amines) is 1. The van der Waals surface area contributed by atoms with Crippen LogP contribution in [0.15, 0.2) is 0 Å². The second-order valence-corrected chi connectivity index (χ2v) is 4.51. The van der Waals surface area contributed by atoms with Crippen LogP contribution in [0.3, 0.4) is 0 Å². The summed E-state index contributed by atoms with van der Waals surface area (Å²) in [6, 6.07) is 0. The van der Waals surface area contributed by atoms with Gasteiger partial charge in [-0.15, -0.1) is 0 Å². The van der Waals surface area contributed by atoms with Crippen LogP contribution in [0.1, 0.15) is 21.7 Å². The van der Waals surface area contributed by atoms with Gasteiger partial charge < -0.3 is 15.1 Å². The van der Waals surface area contributed by atoms with Crippen molar-refractivity contribution < 1.29 is 15.0 Å². The van der Waals surface area contributed by atoms with E-state index in [1.54, 1.807) is 18.7 Å². The molecule has 0 spiro atoms. The highest BCUT2D eigenvalue weighted by Crippen LogP contribution is 2.18. The molecular weight excluding hydrogens is 222 g/mol. The van der Waals surface area contributed by atoms with E-state index >= 15 is 0 Å². The molecule has 1 saturated heterocycles. The number of nitrogens with zero attached hydrogens (tertiary/aromatic N) is 3. The number of aryl methyl sites for hydroxylation is 2. The van der Waals surface area contributed by atoms with Crippen molar-refractivity contribution in [3.63, 3.8) is 0 Å². The molecule has 2 N–H and O–H groups in total. The first-order valence-corrected chi connectivity index (χ1v) is 5.57. The summed E-state index contributed by atoms with van der Waals surface area (Å²) in [5, 5.41) is 23.1. The third kappa shape index (κ3) is 1.94. The third-order valence-electron chi connectivity index (χ3n) is 3.27. The topological polar surface area (TPSA) is 78.6 Å². The Labute approximate surface area is 99.5 Å². The van der Waals surface area contributed by atoms with Crippen molar-refractivity contribution in [2.24, 2.45) is 7.05 Å². The zero-order valence-electron chi connectivity index (χ0n) is 10.2. The highest BCUT2D eigenvalue weighted by molar-refractivity contribution is 5.96. The van der Waals surface area contributed by atoms with Crippen LogP contribution in [-0.2, 0) is 7.05 Å². The average Bonchev–Trinajstić information content (AvgIpc) is 2.70. The monoisotopic (exact) mass is 239 g/mol. The zero-order valence-corrected chi connectivity index (χ0v) is 10.2. The fraction of sp³-hybridized carbons (Fsp3) is 0.636. The summed E-state index contributed by atoms with van der Waals surface area (Å²) in [7, 11) is 1.78. The van der Waals surface area contributed by atoms with Gasteiger partial charge >= 0.3 is 0 Å². The summed E-state index contributed by atoms with van der Waals surface area (Å²) in [6.07, 6.45) is -1.70. The number of aromatic nitrogens is 2. The Hall–Kier alpha value is -1.40. The molecule has 1 aliphatic rings. The molecule has 17 heavy (non-hydrogen) atoms. The Balaban J connectivity index is 2.26. The lowest BCUT2D eigenvalue weighted by molar-refractivity contribution is 0.0572. The Morgan fingerprint density at radius 1 is 1.29 bits per heavy atom. The molecular formula is C11H17N3O3. The van der Waals surface area contributed by atoms with Gasteiger partial charge in [0, 0.05) is 25.8 Å². The maximum atomic E-state index is 12.2. The molecule has 6 nitrogen and oxygen atoms in total. The minimum absolute atomic E-state index is 0.174. The molecule has 94 valence electrons. The summed E-state index contributed by atoms with van der Waals surface area (Å²) < 4.78 is 1.66.